The van der Waals surface area contributed by atoms with Gasteiger partial charge in [0.05, 0.1) is 6.21 Å². The van der Waals surface area contributed by atoms with Gasteiger partial charge < -0.3 is 14.8 Å². The van der Waals surface area contributed by atoms with Crippen LogP contribution in [-0.4, -0.2) is 44.1 Å². The first-order valence-corrected chi connectivity index (χ1v) is 6.78. The number of hydrogen-bond donors (Lipinski definition) is 1. The molecule has 0 unspecified atom stereocenters. The summed E-state index contributed by atoms with van der Waals surface area (Å²) in [5, 5.41) is 9.44. The van der Waals surface area contributed by atoms with E-state index >= 15 is 0 Å². The number of rotatable bonds is 2. The molecule has 0 radical (unpaired) electrons. The molecule has 0 aliphatic carbocycles. The summed E-state index contributed by atoms with van der Waals surface area (Å²) >= 11 is 0. The molecule has 0 amide bonds. The molecule has 21 heavy (non-hydrogen) atoms. The van der Waals surface area contributed by atoms with Gasteiger partial charge in [0.2, 0.25) is 12.8 Å². The normalized spacial score (nSPS) is 16.7. The number of hydrazone groups is 1. The first kappa shape index (κ1) is 15.9. The molecule has 0 bridgehead atoms. The quantitative estimate of drug-likeness (QED) is 0.468. The van der Waals surface area contributed by atoms with Crippen molar-refractivity contribution in [1.29, 1.82) is 0 Å². The maximum atomic E-state index is 5.35. The van der Waals surface area contributed by atoms with E-state index in [1.807, 2.05) is 25.2 Å². The minimum absolute atomic E-state index is 0. The zero-order valence-corrected chi connectivity index (χ0v) is 14.2. The number of nitrogens with one attached hydrogen (secondary N) is 1. The van der Waals surface area contributed by atoms with E-state index in [1.165, 1.54) is 0 Å². The number of hydrogen-bond acceptors (Lipinski definition) is 6. The number of fused-ring (bicyclic) bond motifs is 1. The minimum atomic E-state index is 0. The summed E-state index contributed by atoms with van der Waals surface area (Å²) in [4.78, 5) is 4.47. The SMILES string of the molecule is CN(/N=C/c1ccc2c(c1)OCO2)C1=NCCCCN1.I. The molecule has 7 heteroatoms. The Balaban J connectivity index is 0.00000161. The van der Waals surface area contributed by atoms with Crippen molar-refractivity contribution >= 4 is 36.2 Å². The highest BCUT2D eigenvalue weighted by Gasteiger charge is 2.12. The Morgan fingerprint density at radius 3 is 3.05 bits per heavy atom. The van der Waals surface area contributed by atoms with E-state index in [4.69, 9.17) is 9.47 Å². The van der Waals surface area contributed by atoms with E-state index in [0.717, 1.165) is 49.0 Å². The Morgan fingerprint density at radius 1 is 1.29 bits per heavy atom. The van der Waals surface area contributed by atoms with E-state index in [-0.39, 0.29) is 30.8 Å². The van der Waals surface area contributed by atoms with Crippen LogP contribution in [0.25, 0.3) is 0 Å². The summed E-state index contributed by atoms with van der Waals surface area (Å²) < 4.78 is 10.6. The molecule has 1 aromatic rings. The topological polar surface area (TPSA) is 58.5 Å². The second-order valence-electron chi connectivity index (χ2n) is 4.72. The Bertz CT molecular complexity index is 548. The zero-order chi connectivity index (χ0) is 13.8. The summed E-state index contributed by atoms with van der Waals surface area (Å²) in [5.41, 5.74) is 0.968. The fourth-order valence-electron chi connectivity index (χ4n) is 2.10. The minimum Gasteiger partial charge on any atom is -0.454 e. The van der Waals surface area contributed by atoms with Gasteiger partial charge in [-0.3, -0.25) is 4.99 Å². The smallest absolute Gasteiger partial charge is 0.231 e. The molecule has 114 valence electrons. The first-order valence-electron chi connectivity index (χ1n) is 6.78. The van der Waals surface area contributed by atoms with Gasteiger partial charge in [-0.15, -0.1) is 24.0 Å². The Labute approximate surface area is 141 Å². The van der Waals surface area contributed by atoms with Crippen LogP contribution < -0.4 is 14.8 Å². The van der Waals surface area contributed by atoms with E-state index in [0.29, 0.717) is 0 Å². The van der Waals surface area contributed by atoms with Crippen LogP contribution in [0.1, 0.15) is 18.4 Å². The van der Waals surface area contributed by atoms with Crippen LogP contribution in [0.3, 0.4) is 0 Å². The third kappa shape index (κ3) is 3.99. The van der Waals surface area contributed by atoms with Crippen molar-refractivity contribution in [2.45, 2.75) is 12.8 Å². The summed E-state index contributed by atoms with van der Waals surface area (Å²) in [6.45, 7) is 2.09. The lowest BCUT2D eigenvalue weighted by Gasteiger charge is -2.15. The lowest BCUT2D eigenvalue weighted by Crippen LogP contribution is -2.35. The fourth-order valence-corrected chi connectivity index (χ4v) is 2.10. The van der Waals surface area contributed by atoms with Crippen LogP contribution in [0.4, 0.5) is 0 Å². The summed E-state index contributed by atoms with van der Waals surface area (Å²) in [5.74, 6) is 2.37. The molecule has 0 spiro atoms. The van der Waals surface area contributed by atoms with Crippen LogP contribution in [0.15, 0.2) is 28.3 Å². The fraction of sp³-hybridized carbons (Fsp3) is 0.429. The standard InChI is InChI=1S/C14H18N4O2.HI/c1-18(14-15-6-2-3-7-16-14)17-9-11-4-5-12-13(8-11)20-10-19-12;/h4-5,8-9H,2-3,6-7,10H2,1H3,(H,15,16);1H/b17-9+;. The number of nitrogens with zero attached hydrogens (tertiary/aromatic N) is 3. The Hall–Kier alpha value is -1.51. The molecule has 6 nitrogen and oxygen atoms in total. The van der Waals surface area contributed by atoms with Crippen molar-refractivity contribution in [3.05, 3.63) is 23.8 Å². The average Bonchev–Trinajstić information content (AvgIpc) is 2.76. The first-order chi connectivity index (χ1) is 9.83. The van der Waals surface area contributed by atoms with Crippen LogP contribution in [-0.2, 0) is 0 Å². The number of aliphatic imine (C=N–C) groups is 1. The van der Waals surface area contributed by atoms with Crippen LogP contribution >= 0.6 is 24.0 Å². The van der Waals surface area contributed by atoms with Gasteiger partial charge in [-0.25, -0.2) is 5.01 Å². The van der Waals surface area contributed by atoms with Crippen molar-refractivity contribution in [2.24, 2.45) is 10.1 Å². The van der Waals surface area contributed by atoms with Gasteiger partial charge >= 0.3 is 0 Å². The molecule has 2 aliphatic rings. The monoisotopic (exact) mass is 402 g/mol. The van der Waals surface area contributed by atoms with Crippen molar-refractivity contribution in [2.75, 3.05) is 26.9 Å². The van der Waals surface area contributed by atoms with E-state index < -0.39 is 0 Å². The Morgan fingerprint density at radius 2 is 2.14 bits per heavy atom. The molecule has 0 fully saturated rings. The average molecular weight is 402 g/mol. The zero-order valence-electron chi connectivity index (χ0n) is 11.9. The molecule has 0 aromatic heterocycles. The summed E-state index contributed by atoms with van der Waals surface area (Å²) in [6, 6.07) is 5.76. The van der Waals surface area contributed by atoms with Crippen LogP contribution in [0, 0.1) is 0 Å². The highest BCUT2D eigenvalue weighted by Crippen LogP contribution is 2.31. The molecule has 1 N–H and O–H groups in total. The van der Waals surface area contributed by atoms with Gasteiger partial charge in [-0.2, -0.15) is 5.10 Å². The highest BCUT2D eigenvalue weighted by molar-refractivity contribution is 14.0. The molecule has 0 saturated carbocycles. The largest absolute Gasteiger partial charge is 0.454 e. The van der Waals surface area contributed by atoms with E-state index in [2.05, 4.69) is 15.4 Å². The second kappa shape index (κ2) is 7.48. The number of guanidine groups is 1. The van der Waals surface area contributed by atoms with Gasteiger partial charge in [0, 0.05) is 20.1 Å². The molecular weight excluding hydrogens is 383 g/mol. The van der Waals surface area contributed by atoms with Crippen molar-refractivity contribution < 1.29 is 9.47 Å². The predicted molar refractivity (Wildman–Crippen MR) is 92.9 cm³/mol. The van der Waals surface area contributed by atoms with E-state index in [9.17, 15) is 0 Å². The van der Waals surface area contributed by atoms with Gasteiger partial charge in [0.25, 0.3) is 0 Å². The van der Waals surface area contributed by atoms with E-state index in [1.54, 1.807) is 11.2 Å². The summed E-state index contributed by atoms with van der Waals surface area (Å²) in [6.07, 6.45) is 4.06. The number of benzene rings is 1. The van der Waals surface area contributed by atoms with Crippen molar-refractivity contribution in [3.63, 3.8) is 0 Å². The van der Waals surface area contributed by atoms with Crippen LogP contribution in [0.2, 0.25) is 0 Å². The lowest BCUT2D eigenvalue weighted by molar-refractivity contribution is 0.174. The molecule has 0 atom stereocenters. The number of ether oxygens (including phenoxy) is 2. The molecule has 2 aliphatic heterocycles. The maximum absolute atomic E-state index is 5.35. The van der Waals surface area contributed by atoms with Gasteiger partial charge in [0.15, 0.2) is 11.5 Å². The lowest BCUT2D eigenvalue weighted by atomic mass is 10.2. The van der Waals surface area contributed by atoms with Gasteiger partial charge in [-0.05, 0) is 36.6 Å². The third-order valence-electron chi connectivity index (χ3n) is 3.21. The number of halogens is 1. The molecule has 3 rings (SSSR count). The molecule has 2 heterocycles. The molecule has 0 saturated heterocycles. The van der Waals surface area contributed by atoms with Crippen molar-refractivity contribution in [3.8, 4) is 11.5 Å². The predicted octanol–water partition coefficient (Wildman–Crippen LogP) is 2.04. The summed E-state index contributed by atoms with van der Waals surface area (Å²) in [7, 11) is 1.89. The third-order valence-corrected chi connectivity index (χ3v) is 3.21. The highest BCUT2D eigenvalue weighted by atomic mass is 127. The van der Waals surface area contributed by atoms with Gasteiger partial charge in [0.1, 0.15) is 0 Å². The van der Waals surface area contributed by atoms with Crippen LogP contribution in [0.5, 0.6) is 11.5 Å². The Kier molecular flexibility index (Phi) is 5.66. The van der Waals surface area contributed by atoms with Crippen molar-refractivity contribution in [1.82, 2.24) is 10.3 Å². The molecule has 1 aromatic carbocycles. The van der Waals surface area contributed by atoms with Gasteiger partial charge in [-0.1, -0.05) is 0 Å². The maximum Gasteiger partial charge on any atom is 0.231 e. The second-order valence-corrected chi connectivity index (χ2v) is 4.72. The molecular formula is C14H19IN4O2.